The second-order valence-electron chi connectivity index (χ2n) is 7.61. The molecular weight excluding hydrogens is 483 g/mol. The number of hydrogen-bond donors (Lipinski definition) is 1. The predicted molar refractivity (Wildman–Crippen MR) is 123 cm³/mol. The van der Waals surface area contributed by atoms with Gasteiger partial charge in [0, 0.05) is 32.0 Å². The SMILES string of the molecule is O=C(NCCN1C(=O)S/C(=C/c2cccnc2)C1=O)[C@@H]1CCCN1S(=O)(=O)c1ccccc1F. The van der Waals surface area contributed by atoms with Crippen LogP contribution in [0.5, 0.6) is 0 Å². The molecule has 2 aliphatic heterocycles. The van der Waals surface area contributed by atoms with E-state index in [0.29, 0.717) is 12.0 Å². The molecule has 2 aliphatic rings. The molecule has 0 aliphatic carbocycles. The highest BCUT2D eigenvalue weighted by Gasteiger charge is 2.40. The van der Waals surface area contributed by atoms with Crippen molar-refractivity contribution in [3.63, 3.8) is 0 Å². The first-order valence-corrected chi connectivity index (χ1v) is 12.7. The van der Waals surface area contributed by atoms with Gasteiger partial charge in [0.05, 0.1) is 4.91 Å². The molecule has 2 saturated heterocycles. The van der Waals surface area contributed by atoms with E-state index < -0.39 is 43.8 Å². The summed E-state index contributed by atoms with van der Waals surface area (Å²) < 4.78 is 40.9. The molecule has 34 heavy (non-hydrogen) atoms. The third-order valence-electron chi connectivity index (χ3n) is 5.42. The summed E-state index contributed by atoms with van der Waals surface area (Å²) in [5, 5.41) is 2.14. The van der Waals surface area contributed by atoms with Crippen molar-refractivity contribution in [1.82, 2.24) is 19.5 Å². The molecule has 0 saturated carbocycles. The number of benzene rings is 1. The number of nitrogens with one attached hydrogen (secondary N) is 1. The third-order valence-corrected chi connectivity index (χ3v) is 8.27. The summed E-state index contributed by atoms with van der Waals surface area (Å²) in [7, 11) is -4.20. The molecule has 12 heteroatoms. The van der Waals surface area contributed by atoms with Crippen LogP contribution in [0.15, 0.2) is 58.6 Å². The number of halogens is 1. The number of sulfonamides is 1. The molecule has 0 spiro atoms. The van der Waals surface area contributed by atoms with Crippen molar-refractivity contribution >= 4 is 44.9 Å². The first kappa shape index (κ1) is 24.0. The summed E-state index contributed by atoms with van der Waals surface area (Å²) >= 11 is 0.798. The van der Waals surface area contributed by atoms with Crippen molar-refractivity contribution < 1.29 is 27.2 Å². The number of pyridine rings is 1. The highest BCUT2D eigenvalue weighted by Crippen LogP contribution is 2.32. The van der Waals surface area contributed by atoms with Crippen LogP contribution < -0.4 is 5.32 Å². The molecular formula is C22H21FN4O5S2. The molecule has 2 fully saturated rings. The molecule has 178 valence electrons. The zero-order chi connectivity index (χ0) is 24.3. The molecule has 3 heterocycles. The molecule has 0 unspecified atom stereocenters. The number of rotatable bonds is 7. The normalized spacial score (nSPS) is 20.3. The zero-order valence-corrected chi connectivity index (χ0v) is 19.5. The molecule has 0 radical (unpaired) electrons. The number of aromatic nitrogens is 1. The Hall–Kier alpha value is -3.09. The molecule has 1 aromatic heterocycles. The van der Waals surface area contributed by atoms with Crippen LogP contribution in [0, 0.1) is 5.82 Å². The number of nitrogens with zero attached hydrogens (tertiary/aromatic N) is 3. The second-order valence-corrected chi connectivity index (χ2v) is 10.5. The Balaban J connectivity index is 1.37. The summed E-state index contributed by atoms with van der Waals surface area (Å²) in [5.41, 5.74) is 0.679. The van der Waals surface area contributed by atoms with E-state index in [4.69, 9.17) is 0 Å². The first-order valence-electron chi connectivity index (χ1n) is 10.5. The number of imide groups is 1. The largest absolute Gasteiger partial charge is 0.353 e. The Labute approximate surface area is 200 Å². The highest BCUT2D eigenvalue weighted by atomic mass is 32.2. The summed E-state index contributed by atoms with van der Waals surface area (Å²) in [6.07, 6.45) is 5.47. The van der Waals surface area contributed by atoms with E-state index in [1.165, 1.54) is 12.1 Å². The minimum absolute atomic E-state index is 0.0405. The van der Waals surface area contributed by atoms with Gasteiger partial charge in [0.1, 0.15) is 16.8 Å². The number of amides is 3. The fourth-order valence-electron chi connectivity index (χ4n) is 3.78. The van der Waals surface area contributed by atoms with Gasteiger partial charge in [-0.1, -0.05) is 18.2 Å². The van der Waals surface area contributed by atoms with Gasteiger partial charge in [-0.3, -0.25) is 24.3 Å². The molecule has 4 rings (SSSR count). The van der Waals surface area contributed by atoms with E-state index in [1.54, 1.807) is 30.6 Å². The van der Waals surface area contributed by atoms with Gasteiger partial charge in [0.15, 0.2) is 0 Å². The van der Waals surface area contributed by atoms with E-state index in [9.17, 15) is 27.2 Å². The molecule has 9 nitrogen and oxygen atoms in total. The lowest BCUT2D eigenvalue weighted by molar-refractivity contribution is -0.125. The topological polar surface area (TPSA) is 117 Å². The highest BCUT2D eigenvalue weighted by molar-refractivity contribution is 8.18. The number of thioether (sulfide) groups is 1. The maximum absolute atomic E-state index is 14.1. The van der Waals surface area contributed by atoms with Crippen LogP contribution >= 0.6 is 11.8 Å². The maximum atomic E-state index is 14.1. The molecule has 1 aromatic carbocycles. The molecule has 2 aromatic rings. The average Bonchev–Trinajstić information content (AvgIpc) is 3.41. The quantitative estimate of drug-likeness (QED) is 0.575. The average molecular weight is 505 g/mol. The summed E-state index contributed by atoms with van der Waals surface area (Å²) in [5.74, 6) is -1.92. The van der Waals surface area contributed by atoms with E-state index in [0.717, 1.165) is 33.1 Å². The molecule has 1 N–H and O–H groups in total. The van der Waals surface area contributed by atoms with Crippen molar-refractivity contribution in [2.24, 2.45) is 0 Å². The van der Waals surface area contributed by atoms with Crippen LogP contribution in [0.4, 0.5) is 9.18 Å². The zero-order valence-electron chi connectivity index (χ0n) is 17.9. The Morgan fingerprint density at radius 1 is 1.24 bits per heavy atom. The molecule has 3 amide bonds. The van der Waals surface area contributed by atoms with Crippen molar-refractivity contribution in [1.29, 1.82) is 0 Å². The van der Waals surface area contributed by atoms with Gasteiger partial charge in [-0.15, -0.1) is 0 Å². The Morgan fingerprint density at radius 2 is 2.03 bits per heavy atom. The third kappa shape index (κ3) is 4.88. The van der Waals surface area contributed by atoms with Crippen LogP contribution in [-0.2, 0) is 19.6 Å². The lowest BCUT2D eigenvalue weighted by Gasteiger charge is -2.24. The van der Waals surface area contributed by atoms with Crippen LogP contribution in [0.2, 0.25) is 0 Å². The van der Waals surface area contributed by atoms with Gasteiger partial charge in [0.25, 0.3) is 11.1 Å². The smallest absolute Gasteiger partial charge is 0.293 e. The fraction of sp³-hybridized carbons (Fsp3) is 0.273. The number of carbonyl (C=O) groups is 3. The lowest BCUT2D eigenvalue weighted by Crippen LogP contribution is -2.47. The monoisotopic (exact) mass is 504 g/mol. The summed E-state index contributed by atoms with van der Waals surface area (Å²) in [6, 6.07) is 7.49. The minimum Gasteiger partial charge on any atom is -0.353 e. The standard InChI is InChI=1S/C22H21FN4O5S2/c23-16-6-1-2-8-19(16)34(31,32)27-11-4-7-17(27)20(28)25-10-12-26-21(29)18(33-22(26)30)13-15-5-3-9-24-14-15/h1-3,5-6,8-9,13-14,17H,4,7,10-12H2,(H,25,28)/b18-13+/t17-/m0/s1. The lowest BCUT2D eigenvalue weighted by atomic mass is 10.2. The number of hydrogen-bond acceptors (Lipinski definition) is 7. The minimum atomic E-state index is -4.20. The predicted octanol–water partition coefficient (Wildman–Crippen LogP) is 2.23. The maximum Gasteiger partial charge on any atom is 0.293 e. The Morgan fingerprint density at radius 3 is 2.76 bits per heavy atom. The fourth-order valence-corrected chi connectivity index (χ4v) is 6.37. The van der Waals surface area contributed by atoms with Gasteiger partial charge in [-0.25, -0.2) is 12.8 Å². The van der Waals surface area contributed by atoms with E-state index in [-0.39, 0.29) is 31.0 Å². The van der Waals surface area contributed by atoms with Crippen molar-refractivity contribution in [2.45, 2.75) is 23.8 Å². The van der Waals surface area contributed by atoms with Crippen molar-refractivity contribution in [2.75, 3.05) is 19.6 Å². The van der Waals surface area contributed by atoms with Crippen LogP contribution in [0.1, 0.15) is 18.4 Å². The van der Waals surface area contributed by atoms with Crippen molar-refractivity contribution in [3.05, 3.63) is 65.1 Å². The van der Waals surface area contributed by atoms with E-state index in [2.05, 4.69) is 10.3 Å². The summed E-state index contributed by atoms with van der Waals surface area (Å²) in [6.45, 7) is -0.00824. The van der Waals surface area contributed by atoms with E-state index >= 15 is 0 Å². The van der Waals surface area contributed by atoms with Crippen LogP contribution in [0.25, 0.3) is 6.08 Å². The van der Waals surface area contributed by atoms with Gasteiger partial charge in [0.2, 0.25) is 15.9 Å². The van der Waals surface area contributed by atoms with Gasteiger partial charge >= 0.3 is 0 Å². The Bertz CT molecular complexity index is 1250. The molecule has 0 bridgehead atoms. The second kappa shape index (κ2) is 10.0. The van der Waals surface area contributed by atoms with Crippen LogP contribution in [-0.4, -0.2) is 65.3 Å². The molecule has 1 atom stereocenters. The first-order chi connectivity index (χ1) is 16.3. The summed E-state index contributed by atoms with van der Waals surface area (Å²) in [4.78, 5) is 42.3. The number of carbonyl (C=O) groups excluding carboxylic acids is 3. The van der Waals surface area contributed by atoms with E-state index in [1.807, 2.05) is 0 Å². The van der Waals surface area contributed by atoms with Gasteiger partial charge in [-0.2, -0.15) is 4.31 Å². The van der Waals surface area contributed by atoms with Gasteiger partial charge < -0.3 is 5.32 Å². The van der Waals surface area contributed by atoms with Crippen molar-refractivity contribution in [3.8, 4) is 0 Å². The van der Waals surface area contributed by atoms with Crippen LogP contribution in [0.3, 0.4) is 0 Å². The van der Waals surface area contributed by atoms with Gasteiger partial charge in [-0.05, 0) is 54.4 Å². The Kier molecular flexibility index (Phi) is 7.10.